The van der Waals surface area contributed by atoms with E-state index < -0.39 is 11.9 Å². The zero-order valence-corrected chi connectivity index (χ0v) is 20.4. The summed E-state index contributed by atoms with van der Waals surface area (Å²) in [5, 5.41) is 14.7. The number of ether oxygens (including phenoxy) is 2. The molecule has 3 aromatic rings. The lowest BCUT2D eigenvalue weighted by Gasteiger charge is -2.22. The number of nitrogens with one attached hydrogen (secondary N) is 2. The molecule has 0 spiro atoms. The van der Waals surface area contributed by atoms with Crippen molar-refractivity contribution in [3.05, 3.63) is 59.7 Å². The average Bonchev–Trinajstić information content (AvgIpc) is 3.48. The Hall–Kier alpha value is -3.60. The molecule has 11 heteroatoms. The number of halogens is 1. The highest BCUT2D eigenvalue weighted by Crippen LogP contribution is 2.33. The lowest BCUT2D eigenvalue weighted by Crippen LogP contribution is -2.33. The number of fused-ring (bicyclic) bond motifs is 1. The number of carbonyl (C=O) groups is 2. The summed E-state index contributed by atoms with van der Waals surface area (Å²) in [6, 6.07) is 10.6. The van der Waals surface area contributed by atoms with Crippen LogP contribution in [0, 0.1) is 11.7 Å². The molecule has 0 saturated carbocycles. The van der Waals surface area contributed by atoms with E-state index in [2.05, 4.69) is 20.8 Å². The van der Waals surface area contributed by atoms with Gasteiger partial charge in [0.15, 0.2) is 22.5 Å². The summed E-state index contributed by atoms with van der Waals surface area (Å²) in [5.41, 5.74) is 0.573. The summed E-state index contributed by atoms with van der Waals surface area (Å²) < 4.78 is 26.3. The maximum Gasteiger partial charge on any atom is 0.252 e. The fraction of sp³-hybridized carbons (Fsp3) is 0.333. The van der Waals surface area contributed by atoms with E-state index in [1.165, 1.54) is 23.9 Å². The second-order valence-corrected chi connectivity index (χ2v) is 9.11. The van der Waals surface area contributed by atoms with Gasteiger partial charge < -0.3 is 24.7 Å². The van der Waals surface area contributed by atoms with Gasteiger partial charge in [-0.2, -0.15) is 0 Å². The van der Waals surface area contributed by atoms with Gasteiger partial charge in [-0.1, -0.05) is 37.7 Å². The van der Waals surface area contributed by atoms with Crippen LogP contribution in [0.4, 0.5) is 10.1 Å². The van der Waals surface area contributed by atoms with Crippen LogP contribution in [0.1, 0.15) is 43.0 Å². The molecule has 1 unspecified atom stereocenters. The summed E-state index contributed by atoms with van der Waals surface area (Å²) in [5.74, 6) is 0.648. The average molecular weight is 500 g/mol. The zero-order valence-electron chi connectivity index (χ0n) is 19.6. The van der Waals surface area contributed by atoms with Crippen LogP contribution in [-0.4, -0.2) is 39.1 Å². The number of para-hydroxylation sites is 1. The van der Waals surface area contributed by atoms with Crippen molar-refractivity contribution < 1.29 is 23.5 Å². The number of aromatic nitrogens is 3. The van der Waals surface area contributed by atoms with Gasteiger partial charge in [0.2, 0.25) is 12.7 Å². The van der Waals surface area contributed by atoms with E-state index >= 15 is 0 Å². The fourth-order valence-corrected chi connectivity index (χ4v) is 4.41. The van der Waals surface area contributed by atoms with Crippen molar-refractivity contribution in [3.8, 4) is 11.5 Å². The monoisotopic (exact) mass is 499 g/mol. The third kappa shape index (κ3) is 5.56. The Morgan fingerprint density at radius 3 is 2.66 bits per heavy atom. The Labute approximate surface area is 206 Å². The van der Waals surface area contributed by atoms with E-state index in [-0.39, 0.29) is 36.0 Å². The molecule has 1 aliphatic rings. The van der Waals surface area contributed by atoms with Crippen molar-refractivity contribution in [2.75, 3.05) is 17.9 Å². The van der Waals surface area contributed by atoms with Gasteiger partial charge >= 0.3 is 0 Å². The molecule has 184 valence electrons. The number of hydrogen-bond donors (Lipinski definition) is 2. The van der Waals surface area contributed by atoms with E-state index in [0.717, 1.165) is 0 Å². The molecule has 2 amide bonds. The molecule has 1 aliphatic heterocycles. The minimum atomic E-state index is -0.497. The topological polar surface area (TPSA) is 107 Å². The molecule has 0 saturated heterocycles. The number of hydrogen-bond acceptors (Lipinski definition) is 7. The van der Waals surface area contributed by atoms with E-state index in [4.69, 9.17) is 9.47 Å². The molecular formula is C24H26FN5O4S. The van der Waals surface area contributed by atoms with Crippen LogP contribution in [-0.2, 0) is 11.3 Å². The quantitative estimate of drug-likeness (QED) is 0.428. The molecule has 0 bridgehead atoms. The molecule has 0 aliphatic carbocycles. The van der Waals surface area contributed by atoms with E-state index in [0.29, 0.717) is 34.6 Å². The van der Waals surface area contributed by atoms with Gasteiger partial charge in [0.05, 0.1) is 17.5 Å². The molecule has 1 aromatic heterocycles. The van der Waals surface area contributed by atoms with Crippen LogP contribution in [0.5, 0.6) is 11.5 Å². The smallest absolute Gasteiger partial charge is 0.252 e. The predicted octanol–water partition coefficient (Wildman–Crippen LogP) is 4.02. The molecule has 2 heterocycles. The lowest BCUT2D eigenvalue weighted by atomic mass is 10.0. The van der Waals surface area contributed by atoms with Gasteiger partial charge in [-0.05, 0) is 43.2 Å². The largest absolute Gasteiger partial charge is 0.454 e. The number of thioether (sulfide) groups is 1. The van der Waals surface area contributed by atoms with Crippen molar-refractivity contribution in [3.63, 3.8) is 0 Å². The molecule has 35 heavy (non-hydrogen) atoms. The highest BCUT2D eigenvalue weighted by atomic mass is 32.2. The van der Waals surface area contributed by atoms with Crippen molar-refractivity contribution in [1.82, 2.24) is 20.1 Å². The van der Waals surface area contributed by atoms with Gasteiger partial charge in [-0.3, -0.25) is 9.59 Å². The molecule has 2 aromatic carbocycles. The van der Waals surface area contributed by atoms with Crippen molar-refractivity contribution in [2.24, 2.45) is 5.92 Å². The van der Waals surface area contributed by atoms with Crippen LogP contribution in [0.25, 0.3) is 0 Å². The highest BCUT2D eigenvalue weighted by molar-refractivity contribution is 7.99. The molecule has 2 N–H and O–H groups in total. The summed E-state index contributed by atoms with van der Waals surface area (Å²) in [7, 11) is 0. The van der Waals surface area contributed by atoms with Gasteiger partial charge in [0.25, 0.3) is 5.91 Å². The first kappa shape index (κ1) is 24.5. The van der Waals surface area contributed by atoms with Gasteiger partial charge in [-0.25, -0.2) is 4.39 Å². The van der Waals surface area contributed by atoms with Gasteiger partial charge in [0, 0.05) is 12.1 Å². The molecule has 9 nitrogen and oxygen atoms in total. The minimum Gasteiger partial charge on any atom is -0.454 e. The summed E-state index contributed by atoms with van der Waals surface area (Å²) in [6.07, 6.45) is 0. The fourth-order valence-electron chi connectivity index (χ4n) is 3.60. The first-order valence-electron chi connectivity index (χ1n) is 11.2. The number of rotatable bonds is 9. The third-order valence-corrected chi connectivity index (χ3v) is 6.37. The van der Waals surface area contributed by atoms with Crippen LogP contribution in [0.3, 0.4) is 0 Å². The Balaban J connectivity index is 1.45. The van der Waals surface area contributed by atoms with E-state index in [9.17, 15) is 14.0 Å². The predicted molar refractivity (Wildman–Crippen MR) is 129 cm³/mol. The lowest BCUT2D eigenvalue weighted by molar-refractivity contribution is -0.113. The molecule has 0 fully saturated rings. The number of anilines is 1. The van der Waals surface area contributed by atoms with Crippen LogP contribution in [0.2, 0.25) is 0 Å². The number of nitrogens with zero attached hydrogens (tertiary/aromatic N) is 3. The Bertz CT molecular complexity index is 1230. The molecule has 1 atom stereocenters. The Kier molecular flexibility index (Phi) is 7.54. The first-order valence-corrected chi connectivity index (χ1v) is 12.2. The van der Waals surface area contributed by atoms with Crippen molar-refractivity contribution in [2.45, 2.75) is 38.5 Å². The second kappa shape index (κ2) is 10.8. The number of benzene rings is 2. The van der Waals surface area contributed by atoms with Crippen LogP contribution >= 0.6 is 11.8 Å². The zero-order chi connectivity index (χ0) is 24.9. The Morgan fingerprint density at radius 2 is 1.91 bits per heavy atom. The van der Waals surface area contributed by atoms with Gasteiger partial charge in [-0.15, -0.1) is 10.2 Å². The van der Waals surface area contributed by atoms with Crippen molar-refractivity contribution >= 4 is 29.3 Å². The van der Waals surface area contributed by atoms with Gasteiger partial charge in [0.1, 0.15) is 5.82 Å². The maximum absolute atomic E-state index is 13.8. The SMILES string of the molecule is CCn1c(SCC(=O)Nc2ccccc2F)nnc1C(NC(=O)c1ccc2c(c1)OCO2)C(C)C. The maximum atomic E-state index is 13.8. The Morgan fingerprint density at radius 1 is 1.14 bits per heavy atom. The summed E-state index contributed by atoms with van der Waals surface area (Å²) in [6.45, 7) is 6.57. The van der Waals surface area contributed by atoms with Crippen molar-refractivity contribution in [1.29, 1.82) is 0 Å². The third-order valence-electron chi connectivity index (χ3n) is 5.41. The first-order chi connectivity index (χ1) is 16.9. The summed E-state index contributed by atoms with van der Waals surface area (Å²) in [4.78, 5) is 25.3. The normalized spacial score (nSPS) is 13.1. The van der Waals surface area contributed by atoms with E-state index in [1.807, 2.05) is 25.3 Å². The molecule has 0 radical (unpaired) electrons. The standard InChI is InChI=1S/C24H26FN5O4S/c1-4-30-22(28-29-24(30)35-12-20(31)26-17-8-6-5-7-16(17)25)21(14(2)3)27-23(32)15-9-10-18-19(11-15)34-13-33-18/h5-11,14,21H,4,12-13H2,1-3H3,(H,26,31)(H,27,32). The molecular weight excluding hydrogens is 473 g/mol. The highest BCUT2D eigenvalue weighted by Gasteiger charge is 2.27. The number of carbonyl (C=O) groups excluding carboxylic acids is 2. The van der Waals surface area contributed by atoms with Crippen LogP contribution < -0.4 is 20.1 Å². The number of amides is 2. The summed E-state index contributed by atoms with van der Waals surface area (Å²) >= 11 is 1.20. The second-order valence-electron chi connectivity index (χ2n) is 8.16. The van der Waals surface area contributed by atoms with E-state index in [1.54, 1.807) is 30.3 Å². The molecule has 4 rings (SSSR count). The van der Waals surface area contributed by atoms with Crippen LogP contribution in [0.15, 0.2) is 47.6 Å². The minimum absolute atomic E-state index is 0.0182.